The lowest BCUT2D eigenvalue weighted by molar-refractivity contribution is 0.0527. The highest BCUT2D eigenvalue weighted by molar-refractivity contribution is 6.16. The quantitative estimate of drug-likeness (QED) is 0.115. The van der Waals surface area contributed by atoms with Crippen molar-refractivity contribution in [3.8, 4) is 34.3 Å². The number of hydrogen-bond donors (Lipinski definition) is 2. The second-order valence-electron chi connectivity index (χ2n) is 16.5. The number of aryl methyl sites for hydroxylation is 4. The van der Waals surface area contributed by atoms with Gasteiger partial charge in [-0.3, -0.25) is 19.7 Å². The average molecular weight is 904 g/mol. The predicted octanol–water partition coefficient (Wildman–Crippen LogP) is 9.42. The number of nitrogens with one attached hydrogen (secondary N) is 1. The minimum Gasteiger partial charge on any atom is -0.465 e. The zero-order valence-corrected chi connectivity index (χ0v) is 38.5. The van der Waals surface area contributed by atoms with Gasteiger partial charge in [-0.1, -0.05) is 28.5 Å². The van der Waals surface area contributed by atoms with E-state index in [-0.39, 0.29) is 29.7 Å². The maximum Gasteiger partial charge on any atom is 0.423 e. The van der Waals surface area contributed by atoms with Gasteiger partial charge in [-0.25, -0.2) is 4.79 Å². The molecule has 7 heterocycles. The Bertz CT molecular complexity index is 3150. The monoisotopic (exact) mass is 903 g/mol. The molecule has 0 spiro atoms. The molecule has 0 amide bonds. The van der Waals surface area contributed by atoms with Gasteiger partial charge in [0, 0.05) is 35.3 Å². The maximum absolute atomic E-state index is 13.5. The zero-order chi connectivity index (χ0) is 47.6. The Balaban J connectivity index is 0.000000182. The van der Waals surface area contributed by atoms with Crippen LogP contribution in [-0.4, -0.2) is 80.6 Å². The molecule has 7 aromatic heterocycles. The highest BCUT2D eigenvalue weighted by Gasteiger charge is 2.40. The molecule has 67 heavy (non-hydrogen) atoms. The first-order valence-corrected chi connectivity index (χ1v) is 21.6. The minimum atomic E-state index is -1.67. The SMILES string of the molecule is CCOc1nc2c(C(=O)c3ccccn3)cc(-c3c(C)noc3C)cc2n1C(=O)OC(C)(C)C.CCOc1nc2c(C(O)(c3ccccn3)c3ccccn3)cc(-c3c(C)noc3C)cc2[nH]1. The van der Waals surface area contributed by atoms with Crippen LogP contribution in [0.3, 0.4) is 0 Å². The van der Waals surface area contributed by atoms with Gasteiger partial charge >= 0.3 is 12.1 Å². The van der Waals surface area contributed by atoms with E-state index < -0.39 is 17.3 Å². The standard InChI is InChI=1S/C25H23N5O3.C25H26N4O5/c1-4-32-24-28-19-14-17(22-15(2)30-33-16(22)3)13-18(23(19)29-24)25(31,20-9-5-7-11-26-20)21-10-6-8-12-27-21;1-7-32-23-27-21-17(22(30)18-10-8-9-11-26-18)12-16(20-14(2)28-34-15(20)3)13-19(21)29(23)24(31)33-25(4,5)6/h5-14,31H,4H2,1-3H3,(H,28,29);8-13H,7H2,1-6H3. The first-order chi connectivity index (χ1) is 32.1. The van der Waals surface area contributed by atoms with Crippen LogP contribution in [0.5, 0.6) is 12.0 Å². The summed E-state index contributed by atoms with van der Waals surface area (Å²) in [6, 6.07) is 23.7. The molecule has 0 aliphatic carbocycles. The molecule has 0 aliphatic heterocycles. The van der Waals surface area contributed by atoms with Crippen LogP contribution in [0.1, 0.15) is 90.5 Å². The van der Waals surface area contributed by atoms with Crippen LogP contribution in [0, 0.1) is 27.7 Å². The molecular weight excluding hydrogens is 855 g/mol. The number of benzene rings is 2. The fourth-order valence-electron chi connectivity index (χ4n) is 7.89. The number of ketones is 1. The smallest absolute Gasteiger partial charge is 0.423 e. The molecule has 17 nitrogen and oxygen atoms in total. The molecule has 0 unspecified atom stereocenters. The lowest BCUT2D eigenvalue weighted by atomic mass is 9.83. The number of ether oxygens (including phenoxy) is 3. The number of hydrogen-bond acceptors (Lipinski definition) is 15. The van der Waals surface area contributed by atoms with Crippen LogP contribution >= 0.6 is 0 Å². The summed E-state index contributed by atoms with van der Waals surface area (Å²) in [5.41, 5.74) is 5.90. The Labute approximate surface area is 385 Å². The van der Waals surface area contributed by atoms with Gasteiger partial charge in [0.1, 0.15) is 28.3 Å². The van der Waals surface area contributed by atoms with Crippen LogP contribution in [0.4, 0.5) is 4.79 Å². The highest BCUT2D eigenvalue weighted by atomic mass is 16.6. The van der Waals surface area contributed by atoms with Crippen molar-refractivity contribution in [1.82, 2.24) is 44.8 Å². The summed E-state index contributed by atoms with van der Waals surface area (Å²) in [5, 5.41) is 20.5. The fourth-order valence-corrected chi connectivity index (χ4v) is 7.89. The maximum atomic E-state index is 13.5. The van der Waals surface area contributed by atoms with Gasteiger partial charge in [0.2, 0.25) is 5.78 Å². The molecule has 0 fully saturated rings. The molecule has 0 aliphatic rings. The molecule has 17 heteroatoms. The highest BCUT2D eigenvalue weighted by Crippen LogP contribution is 2.42. The Morgan fingerprint density at radius 2 is 1.30 bits per heavy atom. The van der Waals surface area contributed by atoms with Crippen molar-refractivity contribution in [2.45, 2.75) is 73.5 Å². The summed E-state index contributed by atoms with van der Waals surface area (Å²) in [7, 11) is 0. The number of aromatic nitrogens is 9. The van der Waals surface area contributed by atoms with E-state index in [4.69, 9.17) is 23.3 Å². The van der Waals surface area contributed by atoms with E-state index in [1.807, 2.05) is 52.0 Å². The molecule has 0 saturated heterocycles. The molecule has 9 rings (SSSR count). The zero-order valence-electron chi connectivity index (χ0n) is 38.5. The van der Waals surface area contributed by atoms with E-state index in [1.165, 1.54) is 4.57 Å². The van der Waals surface area contributed by atoms with Crippen LogP contribution in [0.2, 0.25) is 0 Å². The second kappa shape index (κ2) is 18.4. The van der Waals surface area contributed by atoms with Crippen LogP contribution < -0.4 is 9.47 Å². The van der Waals surface area contributed by atoms with Gasteiger partial charge in [0.05, 0.1) is 58.1 Å². The summed E-state index contributed by atoms with van der Waals surface area (Å²) in [6.45, 7) is 17.1. The number of aliphatic hydroxyl groups is 1. The number of aromatic amines is 1. The second-order valence-corrected chi connectivity index (χ2v) is 16.5. The first kappa shape index (κ1) is 45.5. The van der Waals surface area contributed by atoms with Gasteiger partial charge in [-0.15, -0.1) is 0 Å². The normalized spacial score (nSPS) is 11.7. The molecular formula is C50H49N9O8. The number of carbonyl (C=O) groups excluding carboxylic acids is 2. The Kier molecular flexibility index (Phi) is 12.5. The van der Waals surface area contributed by atoms with Crippen molar-refractivity contribution in [2.75, 3.05) is 13.2 Å². The summed E-state index contributed by atoms with van der Waals surface area (Å²) >= 11 is 0. The molecule has 0 atom stereocenters. The lowest BCUT2D eigenvalue weighted by Crippen LogP contribution is -2.31. The van der Waals surface area contributed by atoms with Crippen molar-refractivity contribution < 1.29 is 38.0 Å². The number of carbonyl (C=O) groups is 2. The molecule has 2 aromatic carbocycles. The molecule has 0 radical (unpaired) electrons. The van der Waals surface area contributed by atoms with Crippen molar-refractivity contribution in [3.63, 3.8) is 0 Å². The predicted molar refractivity (Wildman–Crippen MR) is 248 cm³/mol. The number of rotatable bonds is 11. The van der Waals surface area contributed by atoms with Gasteiger partial charge in [0.25, 0.3) is 6.01 Å². The number of H-pyrrole nitrogens is 1. The summed E-state index contributed by atoms with van der Waals surface area (Å²) < 4.78 is 28.9. The van der Waals surface area contributed by atoms with E-state index in [2.05, 4.69) is 40.2 Å². The van der Waals surface area contributed by atoms with E-state index in [0.717, 1.165) is 22.4 Å². The van der Waals surface area contributed by atoms with Gasteiger partial charge in [0.15, 0.2) is 5.60 Å². The Morgan fingerprint density at radius 1 is 0.716 bits per heavy atom. The Hall–Kier alpha value is -8.05. The number of pyridine rings is 3. The van der Waals surface area contributed by atoms with Crippen LogP contribution in [0.25, 0.3) is 44.3 Å². The number of fused-ring (bicyclic) bond motifs is 2. The average Bonchev–Trinajstić information content (AvgIpc) is 4.08. The van der Waals surface area contributed by atoms with Crippen LogP contribution in [0.15, 0.2) is 106 Å². The van der Waals surface area contributed by atoms with Gasteiger partial charge in [-0.2, -0.15) is 14.5 Å². The van der Waals surface area contributed by atoms with Gasteiger partial charge in [-0.05, 0) is 134 Å². The van der Waals surface area contributed by atoms with Crippen molar-refractivity contribution in [1.29, 1.82) is 0 Å². The number of imidazole rings is 2. The molecule has 0 saturated carbocycles. The Morgan fingerprint density at radius 3 is 1.81 bits per heavy atom. The van der Waals surface area contributed by atoms with Crippen molar-refractivity contribution >= 4 is 33.9 Å². The third-order valence-corrected chi connectivity index (χ3v) is 10.7. The molecule has 0 bridgehead atoms. The largest absolute Gasteiger partial charge is 0.465 e. The summed E-state index contributed by atoms with van der Waals surface area (Å²) in [6.07, 6.45) is 4.18. The fraction of sp³-hybridized carbons (Fsp3) is 0.260. The van der Waals surface area contributed by atoms with E-state index in [0.29, 0.717) is 74.4 Å². The van der Waals surface area contributed by atoms with E-state index in [1.54, 1.807) is 108 Å². The topological polar surface area (TPSA) is 219 Å². The molecule has 342 valence electrons. The molecule has 9 aromatic rings. The third-order valence-electron chi connectivity index (χ3n) is 10.7. The summed E-state index contributed by atoms with van der Waals surface area (Å²) in [5.74, 6) is 0.930. The summed E-state index contributed by atoms with van der Waals surface area (Å²) in [4.78, 5) is 52.3. The van der Waals surface area contributed by atoms with E-state index in [9.17, 15) is 14.7 Å². The third kappa shape index (κ3) is 8.88. The first-order valence-electron chi connectivity index (χ1n) is 21.6. The van der Waals surface area contributed by atoms with Crippen molar-refractivity contribution in [3.05, 3.63) is 149 Å². The van der Waals surface area contributed by atoms with Crippen LogP contribution in [-0.2, 0) is 10.3 Å². The number of nitrogens with zero attached hydrogens (tertiary/aromatic N) is 8. The minimum absolute atomic E-state index is 0.0396. The lowest BCUT2D eigenvalue weighted by Gasteiger charge is -2.28. The van der Waals surface area contributed by atoms with E-state index >= 15 is 0 Å². The van der Waals surface area contributed by atoms with Gasteiger partial charge < -0.3 is 33.3 Å². The van der Waals surface area contributed by atoms with Crippen molar-refractivity contribution in [2.24, 2.45) is 0 Å². The molecule has 2 N–H and O–H groups in total.